The molecule has 0 spiro atoms. The molecule has 17 heavy (non-hydrogen) atoms. The zero-order chi connectivity index (χ0) is 12.6. The van der Waals surface area contributed by atoms with E-state index in [2.05, 4.69) is 11.9 Å². The molecule has 2 nitrogen and oxygen atoms in total. The zero-order valence-corrected chi connectivity index (χ0v) is 11.9. The van der Waals surface area contributed by atoms with Gasteiger partial charge in [-0.2, -0.15) is 0 Å². The quantitative estimate of drug-likeness (QED) is 0.793. The van der Waals surface area contributed by atoms with Gasteiger partial charge in [-0.05, 0) is 37.2 Å². The van der Waals surface area contributed by atoms with Crippen molar-refractivity contribution in [3.8, 4) is 5.69 Å². The van der Waals surface area contributed by atoms with Crippen LogP contribution in [-0.4, -0.2) is 9.55 Å². The first-order valence-corrected chi connectivity index (χ1v) is 6.47. The van der Waals surface area contributed by atoms with E-state index in [1.165, 1.54) is 0 Å². The number of H-pyrrole nitrogens is 1. The van der Waals surface area contributed by atoms with E-state index in [9.17, 15) is 0 Å². The Morgan fingerprint density at radius 3 is 2.71 bits per heavy atom. The summed E-state index contributed by atoms with van der Waals surface area (Å²) in [4.78, 5) is 3.02. The van der Waals surface area contributed by atoms with Crippen LogP contribution in [0.2, 0.25) is 10.0 Å². The van der Waals surface area contributed by atoms with Crippen LogP contribution in [0.3, 0.4) is 0 Å². The van der Waals surface area contributed by atoms with Crippen LogP contribution >= 0.6 is 35.4 Å². The van der Waals surface area contributed by atoms with E-state index < -0.39 is 0 Å². The van der Waals surface area contributed by atoms with Gasteiger partial charge in [0.1, 0.15) is 0 Å². The highest BCUT2D eigenvalue weighted by atomic mass is 35.5. The van der Waals surface area contributed by atoms with Gasteiger partial charge < -0.3 is 4.98 Å². The second kappa shape index (κ2) is 4.84. The highest BCUT2D eigenvalue weighted by Gasteiger charge is 2.14. The minimum Gasteiger partial charge on any atom is -0.337 e. The molecule has 1 aromatic heterocycles. The van der Waals surface area contributed by atoms with Crippen molar-refractivity contribution in [2.45, 2.75) is 20.3 Å². The third kappa shape index (κ3) is 2.15. The largest absolute Gasteiger partial charge is 0.337 e. The lowest BCUT2D eigenvalue weighted by Gasteiger charge is -2.12. The van der Waals surface area contributed by atoms with E-state index in [4.69, 9.17) is 35.4 Å². The summed E-state index contributed by atoms with van der Waals surface area (Å²) in [6, 6.07) is 3.74. The molecule has 0 unspecified atom stereocenters. The number of halogens is 2. The smallest absolute Gasteiger partial charge is 0.182 e. The molecule has 1 aromatic carbocycles. The Morgan fingerprint density at radius 2 is 2.06 bits per heavy atom. The molecule has 90 valence electrons. The van der Waals surface area contributed by atoms with Crippen molar-refractivity contribution in [2.75, 3.05) is 0 Å². The molecule has 1 heterocycles. The Hall–Kier alpha value is -0.770. The Labute approximate surface area is 115 Å². The topological polar surface area (TPSA) is 20.7 Å². The lowest BCUT2D eigenvalue weighted by atomic mass is 10.2. The summed E-state index contributed by atoms with van der Waals surface area (Å²) in [5.74, 6) is 0. The minimum atomic E-state index is 0.603. The van der Waals surface area contributed by atoms with Gasteiger partial charge in [-0.1, -0.05) is 36.2 Å². The van der Waals surface area contributed by atoms with Gasteiger partial charge in [0.25, 0.3) is 0 Å². The number of hydrogen-bond acceptors (Lipinski definition) is 1. The molecule has 2 aromatic rings. The first-order valence-electron chi connectivity index (χ1n) is 5.30. The highest BCUT2D eigenvalue weighted by molar-refractivity contribution is 7.71. The van der Waals surface area contributed by atoms with Crippen LogP contribution in [0.15, 0.2) is 18.3 Å². The number of aryl methyl sites for hydroxylation is 2. The molecule has 0 amide bonds. The fraction of sp³-hybridized carbons (Fsp3) is 0.250. The number of hydrogen-bond donors (Lipinski definition) is 1. The molecular weight excluding hydrogens is 275 g/mol. The second-order valence-electron chi connectivity index (χ2n) is 3.80. The average molecular weight is 287 g/mol. The van der Waals surface area contributed by atoms with Gasteiger partial charge in [-0.3, -0.25) is 4.57 Å². The number of nitrogens with zero attached hydrogens (tertiary/aromatic N) is 1. The summed E-state index contributed by atoms with van der Waals surface area (Å²) in [6.07, 6.45) is 2.74. The third-order valence-corrected chi connectivity index (χ3v) is 3.78. The van der Waals surface area contributed by atoms with Crippen molar-refractivity contribution in [2.24, 2.45) is 0 Å². The summed E-state index contributed by atoms with van der Waals surface area (Å²) >= 11 is 17.8. The number of aromatic nitrogens is 2. The standard InChI is InChI=1S/C12H12Cl2N2S/c1-3-8-6-15-12(17)16(8)11-9(13)5-4-7(2)10(11)14/h4-6H,3H2,1-2H3,(H,15,17). The Balaban J connectivity index is 2.81. The van der Waals surface area contributed by atoms with Gasteiger partial charge in [0.05, 0.1) is 15.7 Å². The molecule has 0 aliphatic rings. The van der Waals surface area contributed by atoms with Crippen LogP contribution in [0.1, 0.15) is 18.2 Å². The molecule has 0 fully saturated rings. The first-order chi connectivity index (χ1) is 8.06. The van der Waals surface area contributed by atoms with Crippen molar-refractivity contribution < 1.29 is 0 Å². The van der Waals surface area contributed by atoms with E-state index in [-0.39, 0.29) is 0 Å². The highest BCUT2D eigenvalue weighted by Crippen LogP contribution is 2.32. The SMILES string of the molecule is CCc1c[nH]c(=S)n1-c1c(Cl)ccc(C)c1Cl. The van der Waals surface area contributed by atoms with Crippen LogP contribution in [0.25, 0.3) is 5.69 Å². The monoisotopic (exact) mass is 286 g/mol. The predicted octanol–water partition coefficient (Wildman–Crippen LogP) is 4.71. The molecular formula is C12H12Cl2N2S. The van der Waals surface area contributed by atoms with Crippen LogP contribution < -0.4 is 0 Å². The van der Waals surface area contributed by atoms with Crippen molar-refractivity contribution >= 4 is 35.4 Å². The average Bonchev–Trinajstić information content (AvgIpc) is 2.67. The summed E-state index contributed by atoms with van der Waals surface area (Å²) < 4.78 is 2.50. The number of imidazole rings is 1. The maximum absolute atomic E-state index is 6.33. The molecule has 0 saturated carbocycles. The van der Waals surface area contributed by atoms with Gasteiger partial charge in [0.15, 0.2) is 4.77 Å². The van der Waals surface area contributed by atoms with E-state index in [1.54, 1.807) is 0 Å². The van der Waals surface area contributed by atoms with Crippen molar-refractivity contribution in [3.05, 3.63) is 44.4 Å². The molecule has 0 saturated heterocycles. The molecule has 2 rings (SSSR count). The van der Waals surface area contributed by atoms with Gasteiger partial charge >= 0.3 is 0 Å². The maximum Gasteiger partial charge on any atom is 0.182 e. The summed E-state index contributed by atoms with van der Waals surface area (Å²) in [7, 11) is 0. The number of rotatable bonds is 2. The molecule has 0 aliphatic heterocycles. The Bertz CT molecular complexity index is 613. The predicted molar refractivity (Wildman–Crippen MR) is 75.1 cm³/mol. The van der Waals surface area contributed by atoms with Crippen LogP contribution in [-0.2, 0) is 6.42 Å². The fourth-order valence-corrected chi connectivity index (χ4v) is 2.56. The zero-order valence-electron chi connectivity index (χ0n) is 9.55. The molecule has 0 atom stereocenters. The summed E-state index contributed by atoms with van der Waals surface area (Å²) in [5.41, 5.74) is 2.80. The van der Waals surface area contributed by atoms with Gasteiger partial charge in [-0.15, -0.1) is 0 Å². The molecule has 0 aliphatic carbocycles. The Kier molecular flexibility index (Phi) is 3.61. The number of benzene rings is 1. The van der Waals surface area contributed by atoms with E-state index in [0.717, 1.165) is 23.4 Å². The van der Waals surface area contributed by atoms with E-state index in [1.807, 2.05) is 29.8 Å². The summed E-state index contributed by atoms with van der Waals surface area (Å²) in [6.45, 7) is 4.01. The van der Waals surface area contributed by atoms with Gasteiger partial charge in [0.2, 0.25) is 0 Å². The fourth-order valence-electron chi connectivity index (χ4n) is 1.76. The van der Waals surface area contributed by atoms with E-state index >= 15 is 0 Å². The van der Waals surface area contributed by atoms with Crippen LogP contribution in [0, 0.1) is 11.7 Å². The minimum absolute atomic E-state index is 0.603. The molecule has 0 radical (unpaired) electrons. The Morgan fingerprint density at radius 1 is 1.35 bits per heavy atom. The van der Waals surface area contributed by atoms with Gasteiger partial charge in [0, 0.05) is 11.9 Å². The maximum atomic E-state index is 6.33. The lowest BCUT2D eigenvalue weighted by molar-refractivity contribution is 0.921. The number of nitrogens with one attached hydrogen (secondary N) is 1. The van der Waals surface area contributed by atoms with Gasteiger partial charge in [-0.25, -0.2) is 0 Å². The number of aromatic amines is 1. The molecule has 0 bridgehead atoms. The van der Waals surface area contributed by atoms with Crippen molar-refractivity contribution in [1.82, 2.24) is 9.55 Å². The first kappa shape index (κ1) is 12.7. The summed E-state index contributed by atoms with van der Waals surface area (Å²) in [5, 5.41) is 1.24. The second-order valence-corrected chi connectivity index (χ2v) is 4.97. The van der Waals surface area contributed by atoms with Crippen molar-refractivity contribution in [3.63, 3.8) is 0 Å². The molecule has 5 heteroatoms. The lowest BCUT2D eigenvalue weighted by Crippen LogP contribution is -2.02. The normalized spacial score (nSPS) is 10.8. The van der Waals surface area contributed by atoms with Crippen LogP contribution in [0.5, 0.6) is 0 Å². The van der Waals surface area contributed by atoms with Crippen LogP contribution in [0.4, 0.5) is 0 Å². The molecule has 1 N–H and O–H groups in total. The third-order valence-electron chi connectivity index (χ3n) is 2.70. The van der Waals surface area contributed by atoms with Crippen molar-refractivity contribution in [1.29, 1.82) is 0 Å². The van der Waals surface area contributed by atoms with E-state index in [0.29, 0.717) is 14.8 Å².